The van der Waals surface area contributed by atoms with Crippen LogP contribution in [0.3, 0.4) is 0 Å². The average molecular weight is 456 g/mol. The van der Waals surface area contributed by atoms with Gasteiger partial charge in [0.25, 0.3) is 0 Å². The number of carbonyl (C=O) groups excluding carboxylic acids is 2. The summed E-state index contributed by atoms with van der Waals surface area (Å²) in [6.07, 6.45) is 7.02. The van der Waals surface area contributed by atoms with Gasteiger partial charge in [0, 0.05) is 47.8 Å². The number of nitrogens with zero attached hydrogens (tertiary/aromatic N) is 1. The van der Waals surface area contributed by atoms with Crippen LogP contribution in [0.15, 0.2) is 47.3 Å². The zero-order valence-electron chi connectivity index (χ0n) is 18.8. The minimum atomic E-state index is -0.409. The van der Waals surface area contributed by atoms with E-state index in [0.717, 1.165) is 66.8 Å². The molecule has 6 heteroatoms. The molecule has 1 heterocycles. The van der Waals surface area contributed by atoms with Gasteiger partial charge in [-0.2, -0.15) is 0 Å². The standard InChI is InChI=1S/C26H30ClNO4/c1-4-12-28-18-8-6-10-20(29)24(18)23(25-19(28)9-7-11-21(25)30)16-14-17(27)26(32-13-5-2)22(15-16)31-3/h5,14-15,23H,2,4,6-13H2,1,3H3. The van der Waals surface area contributed by atoms with E-state index >= 15 is 0 Å². The lowest BCUT2D eigenvalue weighted by Crippen LogP contribution is -2.39. The lowest BCUT2D eigenvalue weighted by atomic mass is 9.71. The quantitative estimate of drug-likeness (QED) is 0.491. The summed E-state index contributed by atoms with van der Waals surface area (Å²) in [7, 11) is 1.56. The van der Waals surface area contributed by atoms with Crippen molar-refractivity contribution in [2.45, 2.75) is 57.8 Å². The smallest absolute Gasteiger partial charge is 0.180 e. The Bertz CT molecular complexity index is 979. The largest absolute Gasteiger partial charge is 0.493 e. The number of ketones is 2. The maximum Gasteiger partial charge on any atom is 0.180 e. The van der Waals surface area contributed by atoms with E-state index < -0.39 is 5.92 Å². The van der Waals surface area contributed by atoms with Crippen LogP contribution >= 0.6 is 11.6 Å². The topological polar surface area (TPSA) is 55.8 Å². The third kappa shape index (κ3) is 3.88. The van der Waals surface area contributed by atoms with E-state index in [1.807, 2.05) is 12.1 Å². The lowest BCUT2D eigenvalue weighted by molar-refractivity contribution is -0.117. The summed E-state index contributed by atoms with van der Waals surface area (Å²) in [5.41, 5.74) is 4.50. The fourth-order valence-electron chi connectivity index (χ4n) is 5.23. The van der Waals surface area contributed by atoms with Crippen LogP contribution in [-0.2, 0) is 9.59 Å². The van der Waals surface area contributed by atoms with E-state index in [2.05, 4.69) is 18.4 Å². The van der Waals surface area contributed by atoms with Gasteiger partial charge in [0.1, 0.15) is 6.61 Å². The Morgan fingerprint density at radius 1 is 1.09 bits per heavy atom. The number of rotatable bonds is 7. The van der Waals surface area contributed by atoms with Gasteiger partial charge < -0.3 is 14.4 Å². The number of hydrogen-bond donors (Lipinski definition) is 0. The fraction of sp³-hybridized carbons (Fsp3) is 0.462. The molecule has 0 spiro atoms. The predicted octanol–water partition coefficient (Wildman–Crippen LogP) is 5.74. The molecule has 1 aromatic carbocycles. The molecular formula is C26H30ClNO4. The first kappa shape index (κ1) is 22.7. The highest BCUT2D eigenvalue weighted by Gasteiger charge is 2.43. The van der Waals surface area contributed by atoms with Crippen LogP contribution in [0.5, 0.6) is 11.5 Å². The van der Waals surface area contributed by atoms with Crippen molar-refractivity contribution in [2.24, 2.45) is 0 Å². The molecule has 1 aromatic rings. The maximum absolute atomic E-state index is 13.3. The van der Waals surface area contributed by atoms with Crippen LogP contribution in [0.25, 0.3) is 0 Å². The molecule has 0 fully saturated rings. The molecule has 0 saturated carbocycles. The molecule has 0 aromatic heterocycles. The summed E-state index contributed by atoms with van der Waals surface area (Å²) < 4.78 is 11.3. The van der Waals surface area contributed by atoms with Gasteiger partial charge in [0.05, 0.1) is 12.1 Å². The second-order valence-electron chi connectivity index (χ2n) is 8.49. The third-order valence-corrected chi connectivity index (χ3v) is 6.75. The molecule has 2 aliphatic carbocycles. The summed E-state index contributed by atoms with van der Waals surface area (Å²) in [6, 6.07) is 3.69. The monoisotopic (exact) mass is 455 g/mol. The van der Waals surface area contributed by atoms with Gasteiger partial charge in [0.15, 0.2) is 23.1 Å². The SMILES string of the molecule is C=CCOc1c(Cl)cc(C2C3=C(CCCC3=O)N(CCC)C3=C2C(=O)CCC3)cc1OC. The Labute approximate surface area is 194 Å². The number of allylic oxidation sites excluding steroid dienone is 4. The van der Waals surface area contributed by atoms with Crippen molar-refractivity contribution in [3.05, 3.63) is 57.9 Å². The van der Waals surface area contributed by atoms with Crippen molar-refractivity contribution < 1.29 is 19.1 Å². The number of methoxy groups -OCH3 is 1. The van der Waals surface area contributed by atoms with Crippen LogP contribution in [0.2, 0.25) is 5.02 Å². The van der Waals surface area contributed by atoms with Crippen molar-refractivity contribution in [1.82, 2.24) is 4.90 Å². The van der Waals surface area contributed by atoms with Gasteiger partial charge in [-0.1, -0.05) is 31.2 Å². The predicted molar refractivity (Wildman–Crippen MR) is 125 cm³/mol. The van der Waals surface area contributed by atoms with Gasteiger partial charge in [-0.15, -0.1) is 0 Å². The van der Waals surface area contributed by atoms with Gasteiger partial charge in [-0.3, -0.25) is 9.59 Å². The molecule has 5 nitrogen and oxygen atoms in total. The van der Waals surface area contributed by atoms with Gasteiger partial charge in [-0.25, -0.2) is 0 Å². The van der Waals surface area contributed by atoms with E-state index in [0.29, 0.717) is 36.0 Å². The van der Waals surface area contributed by atoms with Crippen LogP contribution in [-0.4, -0.2) is 36.7 Å². The fourth-order valence-corrected chi connectivity index (χ4v) is 5.51. The van der Waals surface area contributed by atoms with Crippen molar-refractivity contribution >= 4 is 23.2 Å². The molecule has 0 bridgehead atoms. The van der Waals surface area contributed by atoms with Crippen molar-refractivity contribution in [3.63, 3.8) is 0 Å². The molecule has 0 radical (unpaired) electrons. The zero-order valence-corrected chi connectivity index (χ0v) is 19.6. The number of ether oxygens (including phenoxy) is 2. The van der Waals surface area contributed by atoms with Crippen LogP contribution in [0, 0.1) is 0 Å². The zero-order chi connectivity index (χ0) is 22.8. The van der Waals surface area contributed by atoms with Gasteiger partial charge in [0.2, 0.25) is 0 Å². The summed E-state index contributed by atoms with van der Waals surface area (Å²) in [6.45, 7) is 6.93. The number of Topliss-reactive ketones (excluding diaryl/α,β-unsaturated/α-hetero) is 2. The number of carbonyl (C=O) groups is 2. The van der Waals surface area contributed by atoms with E-state index in [1.54, 1.807) is 13.2 Å². The maximum atomic E-state index is 13.3. The second kappa shape index (κ2) is 9.53. The average Bonchev–Trinajstić information content (AvgIpc) is 2.78. The summed E-state index contributed by atoms with van der Waals surface area (Å²) in [4.78, 5) is 28.8. The molecular weight excluding hydrogens is 426 g/mol. The molecule has 170 valence electrons. The highest BCUT2D eigenvalue weighted by Crippen LogP contribution is 2.51. The van der Waals surface area contributed by atoms with Crippen molar-refractivity contribution in [2.75, 3.05) is 20.3 Å². The molecule has 0 N–H and O–H groups in total. The Kier molecular flexibility index (Phi) is 6.75. The van der Waals surface area contributed by atoms with Crippen molar-refractivity contribution in [1.29, 1.82) is 0 Å². The summed E-state index contributed by atoms with van der Waals surface area (Å²) in [5.74, 6) is 0.776. The first-order chi connectivity index (χ1) is 15.5. The van der Waals surface area contributed by atoms with E-state index in [1.165, 1.54) is 0 Å². The molecule has 1 aliphatic heterocycles. The molecule has 0 atom stereocenters. The van der Waals surface area contributed by atoms with Gasteiger partial charge >= 0.3 is 0 Å². The molecule has 32 heavy (non-hydrogen) atoms. The van der Waals surface area contributed by atoms with Crippen LogP contribution < -0.4 is 9.47 Å². The molecule has 0 amide bonds. The first-order valence-electron chi connectivity index (χ1n) is 11.4. The van der Waals surface area contributed by atoms with Gasteiger partial charge in [-0.05, 0) is 49.8 Å². The summed E-state index contributed by atoms with van der Waals surface area (Å²) >= 11 is 6.62. The Morgan fingerprint density at radius 2 is 1.72 bits per heavy atom. The second-order valence-corrected chi connectivity index (χ2v) is 8.90. The highest BCUT2D eigenvalue weighted by atomic mass is 35.5. The molecule has 0 unspecified atom stereocenters. The number of benzene rings is 1. The molecule has 0 saturated heterocycles. The van der Waals surface area contributed by atoms with E-state index in [4.69, 9.17) is 21.1 Å². The third-order valence-electron chi connectivity index (χ3n) is 6.46. The van der Waals surface area contributed by atoms with E-state index in [-0.39, 0.29) is 11.6 Å². The first-order valence-corrected chi connectivity index (χ1v) is 11.8. The van der Waals surface area contributed by atoms with Crippen LogP contribution in [0.4, 0.5) is 0 Å². The Morgan fingerprint density at radius 3 is 2.25 bits per heavy atom. The Balaban J connectivity index is 1.93. The van der Waals surface area contributed by atoms with E-state index in [9.17, 15) is 9.59 Å². The van der Waals surface area contributed by atoms with Crippen LogP contribution in [0.1, 0.15) is 63.4 Å². The molecule has 3 aliphatic rings. The molecule has 4 rings (SSSR count). The van der Waals surface area contributed by atoms with Crippen molar-refractivity contribution in [3.8, 4) is 11.5 Å². The number of halogens is 1. The minimum Gasteiger partial charge on any atom is -0.493 e. The highest BCUT2D eigenvalue weighted by molar-refractivity contribution is 6.32. The summed E-state index contributed by atoms with van der Waals surface area (Å²) in [5, 5.41) is 0.396. The minimum absolute atomic E-state index is 0.129. The lowest BCUT2D eigenvalue weighted by Gasteiger charge is -2.44. The normalized spacial score (nSPS) is 19.2. The Hall–Kier alpha value is -2.53. The number of hydrogen-bond acceptors (Lipinski definition) is 5.